The van der Waals surface area contributed by atoms with Gasteiger partial charge in [0.15, 0.2) is 0 Å². The van der Waals surface area contributed by atoms with Crippen molar-refractivity contribution in [3.8, 4) is 0 Å². The third-order valence-electron chi connectivity index (χ3n) is 4.82. The number of hydrogen-bond donors (Lipinski definition) is 1. The van der Waals surface area contributed by atoms with Gasteiger partial charge in [-0.05, 0) is 61.4 Å². The molecule has 0 unspecified atom stereocenters. The van der Waals surface area contributed by atoms with E-state index in [1.165, 1.54) is 17.3 Å². The van der Waals surface area contributed by atoms with Crippen molar-refractivity contribution < 1.29 is 4.79 Å². The van der Waals surface area contributed by atoms with Crippen molar-refractivity contribution in [3.05, 3.63) is 83.7 Å². The molecule has 0 spiro atoms. The number of thioether (sulfide) groups is 1. The summed E-state index contributed by atoms with van der Waals surface area (Å²) in [5.74, 6) is 0.225. The average molecular weight is 415 g/mol. The summed E-state index contributed by atoms with van der Waals surface area (Å²) < 4.78 is 0. The SMILES string of the molecule is Cc1ccc(NC(=O)CSC2=Nc3ccccc3N=C(c3ccccn3)C2)cc1C. The summed E-state index contributed by atoms with van der Waals surface area (Å²) in [6.45, 7) is 4.09. The fourth-order valence-electron chi connectivity index (χ4n) is 3.08. The highest BCUT2D eigenvalue weighted by atomic mass is 32.2. The monoisotopic (exact) mass is 414 g/mol. The van der Waals surface area contributed by atoms with Gasteiger partial charge in [-0.15, -0.1) is 11.8 Å². The highest BCUT2D eigenvalue weighted by Gasteiger charge is 2.17. The quantitative estimate of drug-likeness (QED) is 0.602. The number of carbonyl (C=O) groups excluding carboxylic acids is 1. The van der Waals surface area contributed by atoms with Gasteiger partial charge in [0.1, 0.15) is 0 Å². The second-order valence-electron chi connectivity index (χ2n) is 7.08. The van der Waals surface area contributed by atoms with E-state index in [0.717, 1.165) is 39.1 Å². The standard InChI is InChI=1S/C24H22N4OS/c1-16-10-11-18(13-17(16)2)26-23(29)15-30-24-14-22(19-7-5-6-12-25-19)27-20-8-3-4-9-21(20)28-24/h3-13H,14-15H2,1-2H3,(H,26,29). The van der Waals surface area contributed by atoms with Crippen molar-refractivity contribution in [2.75, 3.05) is 11.1 Å². The van der Waals surface area contributed by atoms with E-state index in [2.05, 4.69) is 17.2 Å². The van der Waals surface area contributed by atoms with Crippen molar-refractivity contribution >= 4 is 45.5 Å². The van der Waals surface area contributed by atoms with E-state index in [-0.39, 0.29) is 11.7 Å². The highest BCUT2D eigenvalue weighted by Crippen LogP contribution is 2.33. The number of hydrogen-bond acceptors (Lipinski definition) is 5. The number of aryl methyl sites for hydroxylation is 2. The van der Waals surface area contributed by atoms with Crippen LogP contribution in [0, 0.1) is 13.8 Å². The van der Waals surface area contributed by atoms with Gasteiger partial charge in [0.2, 0.25) is 5.91 Å². The highest BCUT2D eigenvalue weighted by molar-refractivity contribution is 8.14. The minimum atomic E-state index is -0.0557. The van der Waals surface area contributed by atoms with Crippen molar-refractivity contribution in [1.29, 1.82) is 0 Å². The third-order valence-corrected chi connectivity index (χ3v) is 5.80. The number of benzene rings is 2. The molecule has 0 atom stereocenters. The fraction of sp³-hybridized carbons (Fsp3) is 0.167. The topological polar surface area (TPSA) is 66.7 Å². The zero-order valence-corrected chi connectivity index (χ0v) is 17.7. The Kier molecular flexibility index (Phi) is 6.05. The lowest BCUT2D eigenvalue weighted by atomic mass is 10.1. The number of anilines is 1. The van der Waals surface area contributed by atoms with Crippen LogP contribution in [0.15, 0.2) is 76.8 Å². The predicted molar refractivity (Wildman–Crippen MR) is 126 cm³/mol. The zero-order valence-electron chi connectivity index (χ0n) is 16.9. The summed E-state index contributed by atoms with van der Waals surface area (Å²) in [7, 11) is 0. The van der Waals surface area contributed by atoms with Gasteiger partial charge < -0.3 is 5.32 Å². The Balaban J connectivity index is 1.50. The maximum atomic E-state index is 12.5. The largest absolute Gasteiger partial charge is 0.325 e. The first-order chi connectivity index (χ1) is 14.6. The third kappa shape index (κ3) is 4.83. The predicted octanol–water partition coefficient (Wildman–Crippen LogP) is 5.62. The first kappa shape index (κ1) is 20.0. The number of carbonyl (C=O) groups is 1. The van der Waals surface area contributed by atoms with Crippen LogP contribution in [0.1, 0.15) is 23.2 Å². The second kappa shape index (κ2) is 9.05. The fourth-order valence-corrected chi connectivity index (χ4v) is 3.86. The van der Waals surface area contributed by atoms with Gasteiger partial charge in [0.05, 0.1) is 33.6 Å². The lowest BCUT2D eigenvalue weighted by Crippen LogP contribution is -2.16. The second-order valence-corrected chi connectivity index (χ2v) is 8.13. The van der Waals surface area contributed by atoms with E-state index in [1.54, 1.807) is 6.20 Å². The number of amides is 1. The van der Waals surface area contributed by atoms with Crippen LogP contribution in [0.5, 0.6) is 0 Å². The number of aromatic nitrogens is 1. The Morgan fingerprint density at radius 1 is 0.967 bits per heavy atom. The zero-order chi connectivity index (χ0) is 20.9. The van der Waals surface area contributed by atoms with Gasteiger partial charge in [-0.2, -0.15) is 0 Å². The number of nitrogens with zero attached hydrogens (tertiary/aromatic N) is 3. The first-order valence-electron chi connectivity index (χ1n) is 9.74. The smallest absolute Gasteiger partial charge is 0.234 e. The van der Waals surface area contributed by atoms with Crippen molar-refractivity contribution in [2.24, 2.45) is 9.98 Å². The van der Waals surface area contributed by atoms with E-state index in [1.807, 2.05) is 67.6 Å². The Labute approximate surface area is 180 Å². The Morgan fingerprint density at radius 3 is 2.47 bits per heavy atom. The number of rotatable bonds is 4. The molecule has 2 aromatic carbocycles. The molecule has 0 fully saturated rings. The Hall–Kier alpha value is -3.25. The molecule has 2 heterocycles. The molecule has 3 aromatic rings. The molecule has 0 radical (unpaired) electrons. The number of pyridine rings is 1. The molecule has 1 amide bonds. The summed E-state index contributed by atoms with van der Waals surface area (Å²) in [6.07, 6.45) is 2.29. The molecule has 0 saturated heterocycles. The molecular weight excluding hydrogens is 392 g/mol. The lowest BCUT2D eigenvalue weighted by molar-refractivity contribution is -0.113. The van der Waals surface area contributed by atoms with Crippen molar-refractivity contribution in [3.63, 3.8) is 0 Å². The van der Waals surface area contributed by atoms with Gasteiger partial charge in [-0.1, -0.05) is 24.3 Å². The van der Waals surface area contributed by atoms with E-state index in [0.29, 0.717) is 6.42 Å². The van der Waals surface area contributed by atoms with Crippen LogP contribution in [0.3, 0.4) is 0 Å². The molecule has 6 heteroatoms. The van der Waals surface area contributed by atoms with Gasteiger partial charge in [-0.25, -0.2) is 9.98 Å². The Morgan fingerprint density at radius 2 is 1.73 bits per heavy atom. The number of nitrogens with one attached hydrogen (secondary N) is 1. The number of para-hydroxylation sites is 2. The van der Waals surface area contributed by atoms with Crippen LogP contribution in [0.2, 0.25) is 0 Å². The maximum Gasteiger partial charge on any atom is 0.234 e. The van der Waals surface area contributed by atoms with Crippen LogP contribution in [0.4, 0.5) is 17.1 Å². The van der Waals surface area contributed by atoms with Crippen LogP contribution in [-0.2, 0) is 4.79 Å². The lowest BCUT2D eigenvalue weighted by Gasteiger charge is -2.09. The molecule has 0 bridgehead atoms. The summed E-state index contributed by atoms with van der Waals surface area (Å²) in [6, 6.07) is 19.5. The summed E-state index contributed by atoms with van der Waals surface area (Å²) in [5, 5.41) is 3.82. The minimum Gasteiger partial charge on any atom is -0.325 e. The van der Waals surface area contributed by atoms with E-state index in [9.17, 15) is 4.79 Å². The van der Waals surface area contributed by atoms with Crippen LogP contribution in [-0.4, -0.2) is 27.4 Å². The molecule has 0 aliphatic carbocycles. The van der Waals surface area contributed by atoms with Gasteiger partial charge in [-0.3, -0.25) is 9.78 Å². The molecule has 0 saturated carbocycles. The van der Waals surface area contributed by atoms with E-state index >= 15 is 0 Å². The Bertz CT molecular complexity index is 1140. The van der Waals surface area contributed by atoms with Crippen molar-refractivity contribution in [1.82, 2.24) is 4.98 Å². The maximum absolute atomic E-state index is 12.5. The van der Waals surface area contributed by atoms with Gasteiger partial charge in [0, 0.05) is 18.3 Å². The van der Waals surface area contributed by atoms with Crippen LogP contribution in [0.25, 0.3) is 0 Å². The molecule has 150 valence electrons. The summed E-state index contributed by atoms with van der Waals surface area (Å²) >= 11 is 1.44. The number of aliphatic imine (C=N–C) groups is 2. The first-order valence-corrected chi connectivity index (χ1v) is 10.7. The minimum absolute atomic E-state index is 0.0557. The molecule has 1 aliphatic rings. The van der Waals surface area contributed by atoms with Crippen LogP contribution < -0.4 is 5.32 Å². The number of fused-ring (bicyclic) bond motifs is 1. The van der Waals surface area contributed by atoms with Gasteiger partial charge in [0.25, 0.3) is 0 Å². The molecule has 4 rings (SSSR count). The molecule has 1 aliphatic heterocycles. The molecule has 5 nitrogen and oxygen atoms in total. The molecule has 1 N–H and O–H groups in total. The summed E-state index contributed by atoms with van der Waals surface area (Å²) in [4.78, 5) is 26.5. The van der Waals surface area contributed by atoms with Crippen molar-refractivity contribution in [2.45, 2.75) is 20.3 Å². The van der Waals surface area contributed by atoms with Crippen LogP contribution >= 0.6 is 11.8 Å². The molecular formula is C24H22N4OS. The van der Waals surface area contributed by atoms with E-state index < -0.39 is 0 Å². The molecule has 30 heavy (non-hydrogen) atoms. The molecule has 1 aromatic heterocycles. The average Bonchev–Trinajstić information content (AvgIpc) is 2.95. The van der Waals surface area contributed by atoms with Gasteiger partial charge >= 0.3 is 0 Å². The summed E-state index contributed by atoms with van der Waals surface area (Å²) in [5.41, 5.74) is 6.46. The normalized spacial score (nSPS) is 13.0. The van der Waals surface area contributed by atoms with E-state index in [4.69, 9.17) is 9.98 Å².